The molecule has 0 heterocycles. The monoisotopic (exact) mass is 265 g/mol. The molecule has 1 heteroatoms. The van der Waals surface area contributed by atoms with Crippen molar-refractivity contribution in [3.8, 4) is 0 Å². The van der Waals surface area contributed by atoms with Crippen LogP contribution in [0.3, 0.4) is 0 Å². The van der Waals surface area contributed by atoms with E-state index in [-0.39, 0.29) is 5.41 Å². The summed E-state index contributed by atoms with van der Waals surface area (Å²) in [5, 5.41) is 3.28. The second-order valence-corrected chi connectivity index (χ2v) is 5.81. The van der Waals surface area contributed by atoms with E-state index in [1.54, 1.807) is 11.1 Å². The van der Waals surface area contributed by atoms with E-state index in [1.165, 1.54) is 31.2 Å². The molecular weight excluding hydrogens is 242 g/mol. The number of rotatable bonds is 5. The maximum atomic E-state index is 3.28. The van der Waals surface area contributed by atoms with Crippen LogP contribution in [0.2, 0.25) is 0 Å². The molecule has 2 aromatic rings. The molecule has 0 radical (unpaired) electrons. The van der Waals surface area contributed by atoms with Gasteiger partial charge in [0, 0.05) is 5.41 Å². The van der Waals surface area contributed by atoms with Gasteiger partial charge in [0.15, 0.2) is 0 Å². The fourth-order valence-corrected chi connectivity index (χ4v) is 3.72. The largest absolute Gasteiger partial charge is 0.320 e. The van der Waals surface area contributed by atoms with Crippen molar-refractivity contribution in [2.75, 3.05) is 13.6 Å². The molecule has 104 valence electrons. The van der Waals surface area contributed by atoms with Crippen LogP contribution in [-0.4, -0.2) is 13.6 Å². The van der Waals surface area contributed by atoms with Crippen molar-refractivity contribution in [1.82, 2.24) is 5.32 Å². The zero-order valence-electron chi connectivity index (χ0n) is 12.2. The highest BCUT2D eigenvalue weighted by Gasteiger charge is 2.39. The molecule has 0 saturated heterocycles. The molecule has 0 aromatic heterocycles. The summed E-state index contributed by atoms with van der Waals surface area (Å²) in [6.07, 6.45) is 4.92. The highest BCUT2D eigenvalue weighted by atomic mass is 14.8. The maximum Gasteiger partial charge on any atom is 0.0209 e. The van der Waals surface area contributed by atoms with Crippen LogP contribution in [-0.2, 0) is 11.8 Å². The summed E-state index contributed by atoms with van der Waals surface area (Å²) in [6.45, 7) is 1.09. The first kappa shape index (κ1) is 13.4. The van der Waals surface area contributed by atoms with E-state index >= 15 is 0 Å². The molecule has 0 saturated carbocycles. The van der Waals surface area contributed by atoms with Crippen molar-refractivity contribution in [3.05, 3.63) is 71.3 Å². The summed E-state index contributed by atoms with van der Waals surface area (Å²) in [7, 11) is 2.04. The molecule has 1 nitrogen and oxygen atoms in total. The molecule has 3 rings (SSSR count). The topological polar surface area (TPSA) is 12.0 Å². The minimum absolute atomic E-state index is 0.231. The predicted octanol–water partition coefficient (Wildman–Crippen LogP) is 3.92. The third-order valence-electron chi connectivity index (χ3n) is 4.71. The first-order chi connectivity index (χ1) is 9.87. The van der Waals surface area contributed by atoms with Crippen molar-refractivity contribution in [2.45, 2.75) is 31.1 Å². The molecule has 1 aliphatic carbocycles. The zero-order valence-corrected chi connectivity index (χ0v) is 12.2. The van der Waals surface area contributed by atoms with Crippen LogP contribution in [0.15, 0.2) is 54.6 Å². The minimum atomic E-state index is 0.231. The van der Waals surface area contributed by atoms with Crippen molar-refractivity contribution >= 4 is 0 Å². The average Bonchev–Trinajstić information content (AvgIpc) is 2.89. The second-order valence-electron chi connectivity index (χ2n) is 5.81. The highest BCUT2D eigenvalue weighted by Crippen LogP contribution is 2.47. The highest BCUT2D eigenvalue weighted by molar-refractivity contribution is 5.47. The Kier molecular flexibility index (Phi) is 3.88. The van der Waals surface area contributed by atoms with Gasteiger partial charge in [0.05, 0.1) is 0 Å². The quantitative estimate of drug-likeness (QED) is 0.808. The smallest absolute Gasteiger partial charge is 0.0209 e. The van der Waals surface area contributed by atoms with Gasteiger partial charge in [-0.05, 0) is 56.0 Å². The van der Waals surface area contributed by atoms with Crippen molar-refractivity contribution in [2.24, 2.45) is 0 Å². The van der Waals surface area contributed by atoms with Crippen LogP contribution in [0.5, 0.6) is 0 Å². The summed E-state index contributed by atoms with van der Waals surface area (Å²) in [5.74, 6) is 0. The van der Waals surface area contributed by atoms with Gasteiger partial charge in [0.25, 0.3) is 0 Å². The Morgan fingerprint density at radius 1 is 1.00 bits per heavy atom. The number of fused-ring (bicyclic) bond motifs is 1. The predicted molar refractivity (Wildman–Crippen MR) is 85.1 cm³/mol. The Labute approximate surface area is 122 Å². The summed E-state index contributed by atoms with van der Waals surface area (Å²) in [6, 6.07) is 20.1. The molecule has 0 spiro atoms. The third-order valence-corrected chi connectivity index (χ3v) is 4.71. The molecule has 0 aliphatic heterocycles. The lowest BCUT2D eigenvalue weighted by Crippen LogP contribution is -2.26. The third kappa shape index (κ3) is 2.27. The second kappa shape index (κ2) is 5.80. The van der Waals surface area contributed by atoms with Gasteiger partial charge in [0.1, 0.15) is 0 Å². The SMILES string of the molecule is CNCCCC1(c2ccccc2)CCc2ccccc21. The molecule has 0 amide bonds. The minimum Gasteiger partial charge on any atom is -0.320 e. The Bertz CT molecular complexity index is 561. The average molecular weight is 265 g/mol. The van der Waals surface area contributed by atoms with Crippen molar-refractivity contribution < 1.29 is 0 Å². The zero-order chi connectivity index (χ0) is 13.8. The van der Waals surface area contributed by atoms with Crippen LogP contribution < -0.4 is 5.32 Å². The Morgan fingerprint density at radius 3 is 2.55 bits per heavy atom. The van der Waals surface area contributed by atoms with Crippen LogP contribution in [0.25, 0.3) is 0 Å². The van der Waals surface area contributed by atoms with Gasteiger partial charge in [-0.3, -0.25) is 0 Å². The summed E-state index contributed by atoms with van der Waals surface area (Å²) >= 11 is 0. The molecule has 20 heavy (non-hydrogen) atoms. The van der Waals surface area contributed by atoms with E-state index in [4.69, 9.17) is 0 Å². The summed E-state index contributed by atoms with van der Waals surface area (Å²) in [4.78, 5) is 0. The van der Waals surface area contributed by atoms with Crippen LogP contribution >= 0.6 is 0 Å². The van der Waals surface area contributed by atoms with Gasteiger partial charge in [-0.15, -0.1) is 0 Å². The molecule has 2 aromatic carbocycles. The lowest BCUT2D eigenvalue weighted by atomic mass is 9.72. The van der Waals surface area contributed by atoms with Gasteiger partial charge >= 0.3 is 0 Å². The van der Waals surface area contributed by atoms with E-state index in [0.717, 1.165) is 6.54 Å². The fraction of sp³-hybridized carbons (Fsp3) is 0.368. The fourth-order valence-electron chi connectivity index (χ4n) is 3.72. The van der Waals surface area contributed by atoms with Crippen LogP contribution in [0.4, 0.5) is 0 Å². The number of benzene rings is 2. The van der Waals surface area contributed by atoms with Gasteiger partial charge in [0.2, 0.25) is 0 Å². The lowest BCUT2D eigenvalue weighted by molar-refractivity contribution is 0.448. The normalized spacial score (nSPS) is 20.9. The van der Waals surface area contributed by atoms with Gasteiger partial charge in [-0.25, -0.2) is 0 Å². The van der Waals surface area contributed by atoms with E-state index < -0.39 is 0 Å². The van der Waals surface area contributed by atoms with Gasteiger partial charge < -0.3 is 5.32 Å². The summed E-state index contributed by atoms with van der Waals surface area (Å²) < 4.78 is 0. The molecule has 1 atom stereocenters. The van der Waals surface area contributed by atoms with E-state index in [2.05, 4.69) is 59.9 Å². The van der Waals surface area contributed by atoms with E-state index in [0.29, 0.717) is 0 Å². The van der Waals surface area contributed by atoms with Crippen molar-refractivity contribution in [3.63, 3.8) is 0 Å². The standard InChI is InChI=1S/C19H23N/c1-20-15-7-13-19(17-9-3-2-4-10-17)14-12-16-8-5-6-11-18(16)19/h2-6,8-11,20H,7,12-15H2,1H3. The van der Waals surface area contributed by atoms with Crippen LogP contribution in [0.1, 0.15) is 36.0 Å². The maximum absolute atomic E-state index is 3.28. The first-order valence-electron chi connectivity index (χ1n) is 7.65. The first-order valence-corrected chi connectivity index (χ1v) is 7.65. The van der Waals surface area contributed by atoms with Crippen molar-refractivity contribution in [1.29, 1.82) is 0 Å². The molecule has 0 bridgehead atoms. The molecule has 1 N–H and O–H groups in total. The van der Waals surface area contributed by atoms with E-state index in [9.17, 15) is 0 Å². The Morgan fingerprint density at radius 2 is 1.75 bits per heavy atom. The number of hydrogen-bond donors (Lipinski definition) is 1. The van der Waals surface area contributed by atoms with E-state index in [1.807, 2.05) is 7.05 Å². The molecule has 1 aliphatic rings. The number of hydrogen-bond acceptors (Lipinski definition) is 1. The molecular formula is C19H23N. The summed E-state index contributed by atoms with van der Waals surface area (Å²) in [5.41, 5.74) is 4.82. The Hall–Kier alpha value is -1.60. The number of aryl methyl sites for hydroxylation is 1. The lowest BCUT2D eigenvalue weighted by Gasteiger charge is -2.31. The molecule has 0 fully saturated rings. The van der Waals surface area contributed by atoms with Crippen LogP contribution in [0, 0.1) is 0 Å². The molecule has 1 unspecified atom stereocenters. The van der Waals surface area contributed by atoms with Gasteiger partial charge in [-0.1, -0.05) is 54.6 Å². The van der Waals surface area contributed by atoms with Gasteiger partial charge in [-0.2, -0.15) is 0 Å². The Balaban J connectivity index is 2.02. The number of nitrogens with one attached hydrogen (secondary N) is 1.